The number of nitrogens with two attached hydrogens (primary N) is 1. The van der Waals surface area contributed by atoms with Crippen LogP contribution in [0, 0.1) is 18.7 Å². The number of hydrogen-bond donors (Lipinski definition) is 2. The van der Waals surface area contributed by atoms with Crippen LogP contribution in [-0.4, -0.2) is 33.2 Å². The summed E-state index contributed by atoms with van der Waals surface area (Å²) < 4.78 is 20.5. The Kier molecular flexibility index (Phi) is 6.14. The van der Waals surface area contributed by atoms with Gasteiger partial charge in [0.05, 0.1) is 19.1 Å². The second-order valence-electron chi connectivity index (χ2n) is 7.63. The first-order valence-corrected chi connectivity index (χ1v) is 9.74. The molecule has 2 aliphatic heterocycles. The minimum Gasteiger partial charge on any atom is -0.491 e. The minimum absolute atomic E-state index is 0.151. The number of benzene rings is 1. The van der Waals surface area contributed by atoms with Crippen molar-refractivity contribution >= 4 is 17.5 Å². The zero-order chi connectivity index (χ0) is 21.1. The predicted molar refractivity (Wildman–Crippen MR) is 105 cm³/mol. The Bertz CT molecular complexity index is 925. The molecule has 0 saturated heterocycles. The number of nitrogens with one attached hydrogen (secondary N) is 1. The molecule has 0 spiro atoms. The van der Waals surface area contributed by atoms with Crippen molar-refractivity contribution in [1.29, 1.82) is 0 Å². The van der Waals surface area contributed by atoms with Crippen molar-refractivity contribution in [2.24, 2.45) is 11.7 Å². The Labute approximate surface area is 168 Å². The van der Waals surface area contributed by atoms with E-state index in [0.29, 0.717) is 24.3 Å². The Hall–Kier alpha value is -2.97. The smallest absolute Gasteiger partial charge is 0.288 e. The number of primary amides is 1. The lowest BCUT2D eigenvalue weighted by Gasteiger charge is -2.26. The zero-order valence-corrected chi connectivity index (χ0v) is 16.9. The Morgan fingerprint density at radius 1 is 1.38 bits per heavy atom. The van der Waals surface area contributed by atoms with E-state index in [4.69, 9.17) is 10.5 Å². The summed E-state index contributed by atoms with van der Waals surface area (Å²) in [7, 11) is 0. The number of hydrogen-bond acceptors (Lipinski definition) is 5. The van der Waals surface area contributed by atoms with Crippen LogP contribution in [0.1, 0.15) is 61.2 Å². The number of halogens is 1. The first-order valence-electron chi connectivity index (χ1n) is 9.74. The quantitative estimate of drug-likeness (QED) is 0.801. The summed E-state index contributed by atoms with van der Waals surface area (Å²) in [6.45, 7) is 6.39. The molecule has 8 nitrogen and oxygen atoms in total. The molecule has 9 heteroatoms. The number of carbonyl (C=O) groups excluding carboxylic acids is 2. The zero-order valence-electron chi connectivity index (χ0n) is 16.9. The third-order valence-corrected chi connectivity index (χ3v) is 4.96. The van der Waals surface area contributed by atoms with Crippen LogP contribution in [0.5, 0.6) is 5.75 Å². The average Bonchev–Trinajstić information content (AvgIpc) is 3.00. The van der Waals surface area contributed by atoms with E-state index < -0.39 is 11.7 Å². The van der Waals surface area contributed by atoms with E-state index in [0.717, 1.165) is 30.7 Å². The molecule has 3 heterocycles. The van der Waals surface area contributed by atoms with Gasteiger partial charge < -0.3 is 15.8 Å². The van der Waals surface area contributed by atoms with Crippen molar-refractivity contribution in [2.45, 2.75) is 52.5 Å². The second-order valence-corrected chi connectivity index (χ2v) is 7.63. The van der Waals surface area contributed by atoms with Crippen molar-refractivity contribution < 1.29 is 18.7 Å². The van der Waals surface area contributed by atoms with Crippen molar-refractivity contribution in [3.8, 4) is 5.75 Å². The number of carbonyl (C=O) groups is 2. The average molecular weight is 403 g/mol. The van der Waals surface area contributed by atoms with Crippen LogP contribution in [0.4, 0.5) is 10.1 Å². The number of rotatable bonds is 2. The van der Waals surface area contributed by atoms with Gasteiger partial charge >= 0.3 is 0 Å². The van der Waals surface area contributed by atoms with Gasteiger partial charge in [0.2, 0.25) is 11.7 Å². The number of nitrogens with zero attached hydrogens (tertiary/aromatic N) is 3. The molecule has 0 fully saturated rings. The molecule has 156 valence electrons. The summed E-state index contributed by atoms with van der Waals surface area (Å²) in [5.41, 5.74) is 6.10. The van der Waals surface area contributed by atoms with Crippen LogP contribution >= 0.6 is 0 Å². The molecule has 29 heavy (non-hydrogen) atoms. The molecule has 0 bridgehead atoms. The first-order chi connectivity index (χ1) is 13.8. The van der Waals surface area contributed by atoms with Crippen LogP contribution in [0.2, 0.25) is 0 Å². The Morgan fingerprint density at radius 3 is 2.83 bits per heavy atom. The molecule has 1 aromatic heterocycles. The molecule has 1 atom stereocenters. The van der Waals surface area contributed by atoms with Gasteiger partial charge in [0.25, 0.3) is 5.91 Å². The highest BCUT2D eigenvalue weighted by atomic mass is 19.1. The molecule has 3 N–H and O–H groups in total. The lowest BCUT2D eigenvalue weighted by Crippen LogP contribution is -2.23. The van der Waals surface area contributed by atoms with Gasteiger partial charge in [0.15, 0.2) is 5.82 Å². The Morgan fingerprint density at radius 2 is 2.14 bits per heavy atom. The van der Waals surface area contributed by atoms with Crippen molar-refractivity contribution in [2.75, 3.05) is 11.9 Å². The minimum atomic E-state index is -0.542. The summed E-state index contributed by atoms with van der Waals surface area (Å²) in [6, 6.07) is 3.44. The van der Waals surface area contributed by atoms with Gasteiger partial charge in [-0.25, -0.2) is 14.1 Å². The van der Waals surface area contributed by atoms with Gasteiger partial charge in [0.1, 0.15) is 17.3 Å². The van der Waals surface area contributed by atoms with Gasteiger partial charge in [0, 0.05) is 6.42 Å². The monoisotopic (exact) mass is 403 g/mol. The maximum absolute atomic E-state index is 13.4. The fourth-order valence-corrected chi connectivity index (χ4v) is 3.50. The third-order valence-electron chi connectivity index (χ3n) is 4.96. The molecule has 4 rings (SSSR count). The standard InChI is InChI=1S/C10H10FNO2.C10H16N4O/c1-6-4-7(11)10-8(5-6)14-3-2-9(13)12-10;1-6(2)7-4-3-5-8-12-10(9(11)15)13-14(7)8/h4-5H,2-3H2,1H3,(H,12,13);6-7H,3-5H2,1-2H3,(H2,11,15). The van der Waals surface area contributed by atoms with E-state index in [-0.39, 0.29) is 23.8 Å². The van der Waals surface area contributed by atoms with E-state index in [2.05, 4.69) is 29.2 Å². The first kappa shape index (κ1) is 20.8. The molecular weight excluding hydrogens is 377 g/mol. The number of aromatic nitrogens is 3. The fraction of sp³-hybridized carbons (Fsp3) is 0.500. The number of amides is 2. The van der Waals surface area contributed by atoms with Crippen molar-refractivity contribution in [3.63, 3.8) is 0 Å². The summed E-state index contributed by atoms with van der Waals surface area (Å²) >= 11 is 0. The van der Waals surface area contributed by atoms with Gasteiger partial charge in [-0.3, -0.25) is 9.59 Å². The molecule has 2 aromatic rings. The molecule has 1 aromatic carbocycles. The van der Waals surface area contributed by atoms with E-state index in [1.54, 1.807) is 13.0 Å². The second kappa shape index (κ2) is 8.59. The lowest BCUT2D eigenvalue weighted by molar-refractivity contribution is -0.116. The maximum atomic E-state index is 13.4. The van der Waals surface area contributed by atoms with Gasteiger partial charge in [-0.05, 0) is 43.4 Å². The van der Waals surface area contributed by atoms with Crippen LogP contribution in [0.15, 0.2) is 12.1 Å². The number of ether oxygens (including phenoxy) is 1. The van der Waals surface area contributed by atoms with Crippen LogP contribution in [0.25, 0.3) is 0 Å². The Balaban J connectivity index is 0.000000166. The SMILES string of the molecule is CC(C)C1CCCc2nc(C(N)=O)nn21.Cc1cc(F)c2c(c1)OCCC(=O)N2. The molecular formula is C20H26FN5O3. The van der Waals surface area contributed by atoms with Crippen LogP contribution in [0.3, 0.4) is 0 Å². The van der Waals surface area contributed by atoms with Gasteiger partial charge in [-0.1, -0.05) is 13.8 Å². The van der Waals surface area contributed by atoms with Crippen LogP contribution in [-0.2, 0) is 11.2 Å². The molecule has 2 aliphatic rings. The molecule has 2 amide bonds. The van der Waals surface area contributed by atoms with Crippen LogP contribution < -0.4 is 15.8 Å². The normalized spacial score (nSPS) is 17.8. The highest BCUT2D eigenvalue weighted by Gasteiger charge is 2.26. The fourth-order valence-electron chi connectivity index (χ4n) is 3.50. The van der Waals surface area contributed by atoms with Crippen molar-refractivity contribution in [3.05, 3.63) is 35.2 Å². The number of fused-ring (bicyclic) bond motifs is 2. The van der Waals surface area contributed by atoms with Gasteiger partial charge in [-0.15, -0.1) is 5.10 Å². The highest BCUT2D eigenvalue weighted by Crippen LogP contribution is 2.31. The summed E-state index contributed by atoms with van der Waals surface area (Å²) in [5, 5.41) is 6.66. The van der Waals surface area contributed by atoms with E-state index in [1.807, 2.05) is 4.68 Å². The molecule has 0 aliphatic carbocycles. The molecule has 0 saturated carbocycles. The predicted octanol–water partition coefficient (Wildman–Crippen LogP) is 2.77. The number of anilines is 1. The third kappa shape index (κ3) is 4.72. The summed E-state index contributed by atoms with van der Waals surface area (Å²) in [4.78, 5) is 26.3. The maximum Gasteiger partial charge on any atom is 0.288 e. The molecule has 0 radical (unpaired) electrons. The largest absolute Gasteiger partial charge is 0.491 e. The summed E-state index contributed by atoms with van der Waals surface area (Å²) in [6.07, 6.45) is 3.36. The summed E-state index contributed by atoms with van der Waals surface area (Å²) in [5.74, 6) is 0.757. The van der Waals surface area contributed by atoms with E-state index in [1.165, 1.54) is 6.07 Å². The van der Waals surface area contributed by atoms with Crippen molar-refractivity contribution in [1.82, 2.24) is 14.8 Å². The topological polar surface area (TPSA) is 112 Å². The van der Waals surface area contributed by atoms with E-state index >= 15 is 0 Å². The lowest BCUT2D eigenvalue weighted by atomic mass is 9.95. The number of aryl methyl sites for hydroxylation is 2. The molecule has 1 unspecified atom stereocenters. The highest BCUT2D eigenvalue weighted by molar-refractivity contribution is 5.93. The van der Waals surface area contributed by atoms with Gasteiger partial charge in [-0.2, -0.15) is 0 Å². The van der Waals surface area contributed by atoms with E-state index in [9.17, 15) is 14.0 Å².